The van der Waals surface area contributed by atoms with Gasteiger partial charge in [-0.1, -0.05) is 25.1 Å². The van der Waals surface area contributed by atoms with Crippen LogP contribution in [-0.4, -0.2) is 41.8 Å². The highest BCUT2D eigenvalue weighted by atomic mass is 16.6. The van der Waals surface area contributed by atoms with Crippen LogP contribution in [0.3, 0.4) is 0 Å². The minimum Gasteiger partial charge on any atom is -0.483 e. The van der Waals surface area contributed by atoms with Gasteiger partial charge < -0.3 is 21.1 Å². The van der Waals surface area contributed by atoms with Crippen LogP contribution < -0.4 is 21.1 Å². The number of amides is 2. The van der Waals surface area contributed by atoms with E-state index in [-0.39, 0.29) is 37.1 Å². The van der Waals surface area contributed by atoms with E-state index in [9.17, 15) is 9.59 Å². The van der Waals surface area contributed by atoms with Crippen molar-refractivity contribution < 1.29 is 19.0 Å². The van der Waals surface area contributed by atoms with Gasteiger partial charge in [0.05, 0.1) is 0 Å². The highest BCUT2D eigenvalue weighted by molar-refractivity contribution is 5.95. The molecule has 9 heteroatoms. The number of hydrogen-bond acceptors (Lipinski definition) is 7. The molecule has 0 atom stereocenters. The third kappa shape index (κ3) is 4.70. The number of hydrogen-bond donors (Lipinski definition) is 3. The molecule has 9 nitrogen and oxygen atoms in total. The number of rotatable bonds is 8. The van der Waals surface area contributed by atoms with Gasteiger partial charge in [0.1, 0.15) is 5.75 Å². The van der Waals surface area contributed by atoms with Crippen molar-refractivity contribution in [2.75, 3.05) is 25.4 Å². The van der Waals surface area contributed by atoms with Gasteiger partial charge in [-0.15, -0.1) is 0 Å². The van der Waals surface area contributed by atoms with Crippen LogP contribution >= 0.6 is 0 Å². The molecule has 0 saturated heterocycles. The van der Waals surface area contributed by atoms with Crippen molar-refractivity contribution in [3.63, 3.8) is 0 Å². The Hall–Kier alpha value is -3.10. The smallest absolute Gasteiger partial charge is 0.277 e. The van der Waals surface area contributed by atoms with Crippen LogP contribution in [0.5, 0.6) is 5.75 Å². The molecular weight excluding hydrogens is 314 g/mol. The molecule has 1 aromatic carbocycles. The summed E-state index contributed by atoms with van der Waals surface area (Å²) in [6.45, 7) is 2.38. The number of nitrogens with zero attached hydrogens (tertiary/aromatic N) is 2. The second kappa shape index (κ2) is 8.51. The second-order valence-electron chi connectivity index (χ2n) is 4.85. The van der Waals surface area contributed by atoms with Crippen LogP contribution in [0.2, 0.25) is 0 Å². The summed E-state index contributed by atoms with van der Waals surface area (Å²) in [7, 11) is 0. The number of anilines is 1. The van der Waals surface area contributed by atoms with Gasteiger partial charge in [-0.3, -0.25) is 9.59 Å². The fourth-order valence-electron chi connectivity index (χ4n) is 1.95. The fraction of sp³-hybridized carbons (Fsp3) is 0.333. The molecule has 2 aromatic rings. The van der Waals surface area contributed by atoms with E-state index in [1.807, 2.05) is 31.2 Å². The molecular formula is C15H19N5O4. The summed E-state index contributed by atoms with van der Waals surface area (Å²) in [6.07, 6.45) is 0.823. The zero-order valence-electron chi connectivity index (χ0n) is 13.2. The number of nitrogens with one attached hydrogen (secondary N) is 2. The Morgan fingerprint density at radius 2 is 1.96 bits per heavy atom. The van der Waals surface area contributed by atoms with Crippen molar-refractivity contribution in [2.24, 2.45) is 0 Å². The molecule has 1 heterocycles. The van der Waals surface area contributed by atoms with Gasteiger partial charge in [0.15, 0.2) is 6.61 Å². The monoisotopic (exact) mass is 333 g/mol. The first-order chi connectivity index (χ1) is 11.6. The lowest BCUT2D eigenvalue weighted by Gasteiger charge is -2.10. The first kappa shape index (κ1) is 17.3. The maximum Gasteiger partial charge on any atom is 0.277 e. The molecule has 0 aliphatic carbocycles. The van der Waals surface area contributed by atoms with E-state index in [2.05, 4.69) is 25.6 Å². The highest BCUT2D eigenvalue weighted by Gasteiger charge is 2.15. The molecule has 24 heavy (non-hydrogen) atoms. The molecule has 128 valence electrons. The van der Waals surface area contributed by atoms with Gasteiger partial charge >= 0.3 is 0 Å². The molecule has 0 spiro atoms. The molecule has 0 saturated carbocycles. The van der Waals surface area contributed by atoms with Crippen molar-refractivity contribution in [1.29, 1.82) is 0 Å². The molecule has 0 fully saturated rings. The topological polar surface area (TPSA) is 132 Å². The van der Waals surface area contributed by atoms with Gasteiger partial charge in [0.2, 0.25) is 11.5 Å². The van der Waals surface area contributed by atoms with Crippen LogP contribution in [0.4, 0.5) is 5.82 Å². The normalized spacial score (nSPS) is 10.2. The van der Waals surface area contributed by atoms with Crippen LogP contribution in [0, 0.1) is 0 Å². The lowest BCUT2D eigenvalue weighted by Crippen LogP contribution is -2.37. The van der Waals surface area contributed by atoms with Gasteiger partial charge in [0.25, 0.3) is 11.8 Å². The Kier molecular flexibility index (Phi) is 6.12. The summed E-state index contributed by atoms with van der Waals surface area (Å²) < 4.78 is 9.83. The summed E-state index contributed by atoms with van der Waals surface area (Å²) in [5, 5.41) is 11.9. The Morgan fingerprint density at radius 1 is 1.21 bits per heavy atom. The summed E-state index contributed by atoms with van der Waals surface area (Å²) in [5.41, 5.74) is 6.35. The summed E-state index contributed by atoms with van der Waals surface area (Å²) >= 11 is 0. The standard InChI is InChI=1S/C15H19N5O4/c1-2-10-5-3-4-6-11(10)23-9-12(21)17-7-8-18-15(22)13-14(16)20-24-19-13/h3-6H,2,7-9H2,1H3,(H2,16,20)(H,17,21)(H,18,22). The van der Waals surface area contributed by atoms with Crippen molar-refractivity contribution in [3.8, 4) is 5.75 Å². The Morgan fingerprint density at radius 3 is 2.67 bits per heavy atom. The minimum atomic E-state index is -0.517. The number of aromatic nitrogens is 2. The largest absolute Gasteiger partial charge is 0.483 e. The number of aryl methyl sites for hydroxylation is 1. The predicted octanol–water partition coefficient (Wildman–Crippen LogP) is 0.139. The summed E-state index contributed by atoms with van der Waals surface area (Å²) in [6, 6.07) is 7.55. The zero-order valence-corrected chi connectivity index (χ0v) is 13.2. The number of para-hydroxylation sites is 1. The minimum absolute atomic E-state index is 0.0826. The first-order valence-corrected chi connectivity index (χ1v) is 7.45. The molecule has 2 amide bonds. The molecule has 0 aliphatic heterocycles. The van der Waals surface area contributed by atoms with Gasteiger partial charge in [-0.2, -0.15) is 0 Å². The van der Waals surface area contributed by atoms with E-state index in [0.29, 0.717) is 5.75 Å². The van der Waals surface area contributed by atoms with E-state index in [0.717, 1.165) is 12.0 Å². The highest BCUT2D eigenvalue weighted by Crippen LogP contribution is 2.17. The van der Waals surface area contributed by atoms with E-state index < -0.39 is 5.91 Å². The van der Waals surface area contributed by atoms with Crippen molar-refractivity contribution in [2.45, 2.75) is 13.3 Å². The molecule has 1 aromatic heterocycles. The number of benzene rings is 1. The third-order valence-electron chi connectivity index (χ3n) is 3.17. The number of ether oxygens (including phenoxy) is 1. The average molecular weight is 333 g/mol. The quantitative estimate of drug-likeness (QED) is 0.585. The predicted molar refractivity (Wildman–Crippen MR) is 85.4 cm³/mol. The van der Waals surface area contributed by atoms with Crippen LogP contribution in [0.1, 0.15) is 23.0 Å². The maximum atomic E-state index is 11.7. The van der Waals surface area contributed by atoms with Crippen molar-refractivity contribution >= 4 is 17.6 Å². The third-order valence-corrected chi connectivity index (χ3v) is 3.17. The van der Waals surface area contributed by atoms with Crippen LogP contribution in [-0.2, 0) is 11.2 Å². The molecule has 4 N–H and O–H groups in total. The summed E-state index contributed by atoms with van der Waals surface area (Å²) in [5.74, 6) is -0.189. The van der Waals surface area contributed by atoms with E-state index in [1.54, 1.807) is 0 Å². The van der Waals surface area contributed by atoms with Crippen molar-refractivity contribution in [1.82, 2.24) is 20.9 Å². The van der Waals surface area contributed by atoms with Crippen LogP contribution in [0.25, 0.3) is 0 Å². The second-order valence-corrected chi connectivity index (χ2v) is 4.85. The maximum absolute atomic E-state index is 11.7. The first-order valence-electron chi connectivity index (χ1n) is 7.45. The van der Waals surface area contributed by atoms with E-state index in [1.165, 1.54) is 0 Å². The Bertz CT molecular complexity index is 701. The van der Waals surface area contributed by atoms with Gasteiger partial charge in [0, 0.05) is 13.1 Å². The van der Waals surface area contributed by atoms with Gasteiger partial charge in [-0.25, -0.2) is 4.63 Å². The lowest BCUT2D eigenvalue weighted by molar-refractivity contribution is -0.123. The molecule has 0 unspecified atom stereocenters. The van der Waals surface area contributed by atoms with E-state index >= 15 is 0 Å². The van der Waals surface area contributed by atoms with Crippen molar-refractivity contribution in [3.05, 3.63) is 35.5 Å². The molecule has 0 bridgehead atoms. The average Bonchev–Trinajstić information content (AvgIpc) is 3.03. The molecule has 0 radical (unpaired) electrons. The Labute approximate surface area is 138 Å². The van der Waals surface area contributed by atoms with E-state index in [4.69, 9.17) is 10.5 Å². The zero-order chi connectivity index (χ0) is 17.4. The number of nitrogen functional groups attached to an aromatic ring is 1. The lowest BCUT2D eigenvalue weighted by atomic mass is 10.1. The fourth-order valence-corrected chi connectivity index (χ4v) is 1.95. The van der Waals surface area contributed by atoms with Crippen LogP contribution in [0.15, 0.2) is 28.9 Å². The number of carbonyl (C=O) groups excluding carboxylic acids is 2. The number of nitrogens with two attached hydrogens (primary N) is 1. The summed E-state index contributed by atoms with van der Waals surface area (Å²) in [4.78, 5) is 23.4. The SMILES string of the molecule is CCc1ccccc1OCC(=O)NCCNC(=O)c1nonc1N. The Balaban J connectivity index is 1.67. The molecule has 2 rings (SSSR count). The molecule has 0 aliphatic rings. The number of carbonyl (C=O) groups is 2. The van der Waals surface area contributed by atoms with Gasteiger partial charge in [-0.05, 0) is 28.4 Å².